The quantitative estimate of drug-likeness (QED) is 0.775. The summed E-state index contributed by atoms with van der Waals surface area (Å²) >= 11 is 6.21. The molecule has 13 heavy (non-hydrogen) atoms. The predicted molar refractivity (Wildman–Crippen MR) is 64.7 cm³/mol. The fourth-order valence-electron chi connectivity index (χ4n) is 0.879. The maximum absolute atomic E-state index is 5.33. The molecule has 0 saturated heterocycles. The van der Waals surface area contributed by atoms with Gasteiger partial charge in [0.1, 0.15) is 4.32 Å². The van der Waals surface area contributed by atoms with Crippen molar-refractivity contribution in [2.24, 2.45) is 5.73 Å². The van der Waals surface area contributed by atoms with Gasteiger partial charge in [0.2, 0.25) is 0 Å². The number of hydrogen-bond acceptors (Lipinski definition) is 2. The van der Waals surface area contributed by atoms with E-state index in [1.807, 2.05) is 18.2 Å². The average Bonchev–Trinajstić information content (AvgIpc) is 2.14. The normalized spacial score (nSPS) is 10.5. The van der Waals surface area contributed by atoms with Crippen LogP contribution in [0.4, 0.5) is 0 Å². The number of benzene rings is 1. The SMILES string of the molecule is NC(=S)SCC=Cc1ccccc1. The van der Waals surface area contributed by atoms with Crippen molar-refractivity contribution in [3.63, 3.8) is 0 Å². The summed E-state index contributed by atoms with van der Waals surface area (Å²) < 4.78 is 0.498. The Bertz CT molecular complexity index is 293. The van der Waals surface area contributed by atoms with Gasteiger partial charge in [-0.15, -0.1) is 0 Å². The lowest BCUT2D eigenvalue weighted by molar-refractivity contribution is 1.65. The number of thioether (sulfide) groups is 1. The summed E-state index contributed by atoms with van der Waals surface area (Å²) in [7, 11) is 0. The number of hydrogen-bond donors (Lipinski definition) is 1. The molecule has 1 aromatic rings. The van der Waals surface area contributed by atoms with E-state index in [-0.39, 0.29) is 0 Å². The Labute approximate surface area is 88.0 Å². The fourth-order valence-corrected chi connectivity index (χ4v) is 1.44. The van der Waals surface area contributed by atoms with E-state index in [1.165, 1.54) is 17.3 Å². The second-order valence-corrected chi connectivity index (χ2v) is 4.20. The molecule has 2 N–H and O–H groups in total. The van der Waals surface area contributed by atoms with Crippen molar-refractivity contribution in [3.05, 3.63) is 42.0 Å². The Morgan fingerprint density at radius 3 is 2.69 bits per heavy atom. The topological polar surface area (TPSA) is 26.0 Å². The molecule has 0 heterocycles. The minimum atomic E-state index is 0.498. The molecule has 0 spiro atoms. The van der Waals surface area contributed by atoms with Crippen LogP contribution in [0.1, 0.15) is 5.56 Å². The summed E-state index contributed by atoms with van der Waals surface area (Å²) in [6.45, 7) is 0. The monoisotopic (exact) mass is 209 g/mol. The molecule has 0 aliphatic heterocycles. The molecule has 0 aromatic heterocycles. The van der Waals surface area contributed by atoms with Gasteiger partial charge >= 0.3 is 0 Å². The molecular formula is C10H11NS2. The van der Waals surface area contributed by atoms with E-state index in [1.54, 1.807) is 0 Å². The molecule has 0 fully saturated rings. The molecule has 1 nitrogen and oxygen atoms in total. The van der Waals surface area contributed by atoms with Crippen LogP contribution in [0, 0.1) is 0 Å². The Morgan fingerprint density at radius 1 is 1.38 bits per heavy atom. The van der Waals surface area contributed by atoms with Crippen LogP contribution in [0.2, 0.25) is 0 Å². The van der Waals surface area contributed by atoms with Gasteiger partial charge in [-0.1, -0.05) is 66.5 Å². The van der Waals surface area contributed by atoms with Crippen LogP contribution in [-0.2, 0) is 0 Å². The van der Waals surface area contributed by atoms with Crippen LogP contribution in [-0.4, -0.2) is 10.1 Å². The van der Waals surface area contributed by atoms with Crippen molar-refractivity contribution < 1.29 is 0 Å². The molecule has 1 rings (SSSR count). The Morgan fingerprint density at radius 2 is 2.08 bits per heavy atom. The standard InChI is InChI=1S/C10H11NS2/c11-10(12)13-8-4-7-9-5-2-1-3-6-9/h1-7H,8H2,(H2,11,12). The highest BCUT2D eigenvalue weighted by Crippen LogP contribution is 2.04. The summed E-state index contributed by atoms with van der Waals surface area (Å²) in [6.07, 6.45) is 4.12. The van der Waals surface area contributed by atoms with E-state index in [4.69, 9.17) is 18.0 Å². The minimum Gasteiger partial charge on any atom is -0.385 e. The molecule has 0 amide bonds. The van der Waals surface area contributed by atoms with E-state index < -0.39 is 0 Å². The lowest BCUT2D eigenvalue weighted by atomic mass is 10.2. The van der Waals surface area contributed by atoms with E-state index in [9.17, 15) is 0 Å². The van der Waals surface area contributed by atoms with Gasteiger partial charge in [-0.25, -0.2) is 0 Å². The summed E-state index contributed by atoms with van der Waals surface area (Å²) in [5.41, 5.74) is 6.53. The third-order valence-electron chi connectivity index (χ3n) is 1.43. The molecule has 0 aliphatic rings. The first-order valence-electron chi connectivity index (χ1n) is 3.93. The van der Waals surface area contributed by atoms with Gasteiger partial charge in [-0.05, 0) is 5.56 Å². The average molecular weight is 209 g/mol. The first-order chi connectivity index (χ1) is 6.29. The Balaban J connectivity index is 2.37. The zero-order valence-electron chi connectivity index (χ0n) is 7.14. The van der Waals surface area contributed by atoms with Crippen LogP contribution in [0.15, 0.2) is 36.4 Å². The van der Waals surface area contributed by atoms with Gasteiger partial charge in [0.05, 0.1) is 0 Å². The minimum absolute atomic E-state index is 0.498. The largest absolute Gasteiger partial charge is 0.385 e. The third kappa shape index (κ3) is 4.70. The highest BCUT2D eigenvalue weighted by molar-refractivity contribution is 8.23. The van der Waals surface area contributed by atoms with Crippen LogP contribution >= 0.6 is 24.0 Å². The number of nitrogens with two attached hydrogens (primary N) is 1. The molecule has 0 atom stereocenters. The van der Waals surface area contributed by atoms with E-state index >= 15 is 0 Å². The van der Waals surface area contributed by atoms with Crippen LogP contribution in [0.25, 0.3) is 6.08 Å². The summed E-state index contributed by atoms with van der Waals surface area (Å²) in [6, 6.07) is 10.1. The summed E-state index contributed by atoms with van der Waals surface area (Å²) in [5.74, 6) is 0.838. The zero-order valence-corrected chi connectivity index (χ0v) is 8.78. The van der Waals surface area contributed by atoms with Crippen LogP contribution in [0.3, 0.4) is 0 Å². The first-order valence-corrected chi connectivity index (χ1v) is 5.32. The van der Waals surface area contributed by atoms with Crippen LogP contribution in [0.5, 0.6) is 0 Å². The Hall–Kier alpha value is -0.800. The molecule has 68 valence electrons. The van der Waals surface area contributed by atoms with Crippen molar-refractivity contribution >= 4 is 34.4 Å². The van der Waals surface area contributed by atoms with E-state index in [0.29, 0.717) is 4.32 Å². The predicted octanol–water partition coefficient (Wildman–Crippen LogP) is 2.68. The van der Waals surface area contributed by atoms with Gasteiger partial charge < -0.3 is 5.73 Å². The second kappa shape index (κ2) is 5.78. The van der Waals surface area contributed by atoms with Crippen molar-refractivity contribution in [1.82, 2.24) is 0 Å². The highest BCUT2D eigenvalue weighted by Gasteiger charge is 1.86. The summed E-state index contributed by atoms with van der Waals surface area (Å²) in [5, 5.41) is 0. The molecule has 0 radical (unpaired) electrons. The van der Waals surface area contributed by atoms with Gasteiger partial charge in [0.25, 0.3) is 0 Å². The van der Waals surface area contributed by atoms with Gasteiger partial charge in [-0.3, -0.25) is 0 Å². The van der Waals surface area contributed by atoms with Gasteiger partial charge in [0, 0.05) is 5.75 Å². The maximum Gasteiger partial charge on any atom is 0.131 e. The fraction of sp³-hybridized carbons (Fsp3) is 0.100. The first kappa shape index (κ1) is 10.3. The smallest absolute Gasteiger partial charge is 0.131 e. The third-order valence-corrected chi connectivity index (χ3v) is 2.43. The Kier molecular flexibility index (Phi) is 4.57. The van der Waals surface area contributed by atoms with Gasteiger partial charge in [-0.2, -0.15) is 0 Å². The van der Waals surface area contributed by atoms with Crippen molar-refractivity contribution in [2.45, 2.75) is 0 Å². The van der Waals surface area contributed by atoms with Crippen molar-refractivity contribution in [1.29, 1.82) is 0 Å². The second-order valence-electron chi connectivity index (χ2n) is 2.44. The zero-order chi connectivity index (χ0) is 9.52. The number of thiocarbonyl (C=S) groups is 1. The van der Waals surface area contributed by atoms with E-state index in [0.717, 1.165) is 5.75 Å². The van der Waals surface area contributed by atoms with E-state index in [2.05, 4.69) is 24.3 Å². The molecule has 3 heteroatoms. The molecule has 0 unspecified atom stereocenters. The molecule has 0 saturated carbocycles. The summed E-state index contributed by atoms with van der Waals surface area (Å²) in [4.78, 5) is 0. The highest BCUT2D eigenvalue weighted by atomic mass is 32.2. The number of rotatable bonds is 3. The molecule has 1 aromatic carbocycles. The molecule has 0 aliphatic carbocycles. The lowest BCUT2D eigenvalue weighted by Gasteiger charge is -1.92. The molecular weight excluding hydrogens is 198 g/mol. The maximum atomic E-state index is 5.33. The van der Waals surface area contributed by atoms with Gasteiger partial charge in [0.15, 0.2) is 0 Å². The van der Waals surface area contributed by atoms with Crippen LogP contribution < -0.4 is 5.73 Å². The van der Waals surface area contributed by atoms with Crippen molar-refractivity contribution in [3.8, 4) is 0 Å². The lowest BCUT2D eigenvalue weighted by Crippen LogP contribution is -2.01. The molecule has 0 bridgehead atoms. The van der Waals surface area contributed by atoms with Crippen molar-refractivity contribution in [2.75, 3.05) is 5.75 Å².